The highest BCUT2D eigenvalue weighted by Crippen LogP contribution is 2.48. The summed E-state index contributed by atoms with van der Waals surface area (Å²) in [6.45, 7) is 1.77. The van der Waals surface area contributed by atoms with Crippen molar-refractivity contribution in [1.29, 1.82) is 0 Å². The van der Waals surface area contributed by atoms with E-state index in [1.165, 1.54) is 0 Å². The van der Waals surface area contributed by atoms with Crippen LogP contribution in [0.25, 0.3) is 33.9 Å². The molecular formula is C22H17BrF4N4O3S. The largest absolute Gasteiger partial charge is 0.507 e. The fourth-order valence-corrected chi connectivity index (χ4v) is 5.30. The number of alkyl halides is 4. The molecule has 0 bridgehead atoms. The molecule has 2 aromatic heterocycles. The number of aromatic nitrogens is 4. The number of benzene rings is 2. The summed E-state index contributed by atoms with van der Waals surface area (Å²) in [4.78, 5) is 9.22. The van der Waals surface area contributed by atoms with Gasteiger partial charge < -0.3 is 18.6 Å². The van der Waals surface area contributed by atoms with E-state index in [1.807, 2.05) is 24.3 Å². The number of nitrogens with zero attached hydrogens (tertiary/aromatic N) is 4. The Morgan fingerprint density at radius 3 is 2.26 bits per heavy atom. The van der Waals surface area contributed by atoms with E-state index in [1.54, 1.807) is 30.2 Å². The number of hydrogen-bond acceptors (Lipinski definition) is 5. The van der Waals surface area contributed by atoms with Gasteiger partial charge in [-0.3, -0.25) is 4.21 Å². The lowest BCUT2D eigenvalue weighted by molar-refractivity contribution is -0.391. The van der Waals surface area contributed by atoms with Crippen molar-refractivity contribution in [2.45, 2.75) is 24.2 Å². The second-order valence-corrected chi connectivity index (χ2v) is 10.4. The van der Waals surface area contributed by atoms with Gasteiger partial charge in [0.1, 0.15) is 16.5 Å². The highest BCUT2D eigenvalue weighted by molar-refractivity contribution is 9.10. The number of hydrogen-bond donors (Lipinski definition) is 0. The van der Waals surface area contributed by atoms with Crippen LogP contribution < -0.4 is 9.47 Å². The van der Waals surface area contributed by atoms with Crippen molar-refractivity contribution in [3.8, 4) is 34.4 Å². The lowest BCUT2D eigenvalue weighted by Gasteiger charge is -2.31. The predicted octanol–water partition coefficient (Wildman–Crippen LogP) is 5.49. The normalized spacial score (nSPS) is 17.0. The van der Waals surface area contributed by atoms with Crippen LogP contribution in [0.1, 0.15) is 6.92 Å². The maximum atomic E-state index is 13.7. The summed E-state index contributed by atoms with van der Waals surface area (Å²) in [5.74, 6) is 0.0153. The predicted molar refractivity (Wildman–Crippen MR) is 124 cm³/mol. The molecule has 0 saturated heterocycles. The van der Waals surface area contributed by atoms with Gasteiger partial charge in [0, 0.05) is 42.0 Å². The lowest BCUT2D eigenvalue weighted by Crippen LogP contribution is -2.52. The molecule has 2 aromatic carbocycles. The fourth-order valence-electron chi connectivity index (χ4n) is 3.88. The monoisotopic (exact) mass is 572 g/mol. The van der Waals surface area contributed by atoms with Gasteiger partial charge in [0.2, 0.25) is 0 Å². The van der Waals surface area contributed by atoms with E-state index in [-0.39, 0.29) is 11.3 Å². The number of aryl methyl sites for hydroxylation is 1. The van der Waals surface area contributed by atoms with Crippen LogP contribution in [0, 0.1) is 0 Å². The van der Waals surface area contributed by atoms with Crippen molar-refractivity contribution in [1.82, 2.24) is 19.1 Å². The van der Waals surface area contributed by atoms with E-state index < -0.39 is 34.5 Å². The number of ether oxygens (including phenoxy) is 2. The van der Waals surface area contributed by atoms with Crippen molar-refractivity contribution < 1.29 is 31.2 Å². The van der Waals surface area contributed by atoms with Crippen LogP contribution in [0.3, 0.4) is 0 Å². The average molecular weight is 573 g/mol. The Labute approximate surface area is 207 Å². The Morgan fingerprint density at radius 2 is 1.63 bits per heavy atom. The minimum absolute atomic E-state index is 0.189. The van der Waals surface area contributed by atoms with Gasteiger partial charge in [-0.15, -0.1) is 0 Å². The summed E-state index contributed by atoms with van der Waals surface area (Å²) in [6.07, 6.45) is -9.67. The van der Waals surface area contributed by atoms with Crippen molar-refractivity contribution in [3.63, 3.8) is 0 Å². The smallest absolute Gasteiger partial charge is 0.421 e. The topological polar surface area (TPSA) is 71.2 Å². The number of halogens is 5. The van der Waals surface area contributed by atoms with E-state index in [4.69, 9.17) is 4.98 Å². The molecule has 0 saturated carbocycles. The average Bonchev–Trinajstić information content (AvgIpc) is 3.29. The molecule has 1 atom stereocenters. The van der Waals surface area contributed by atoms with Crippen LogP contribution >= 0.6 is 15.9 Å². The summed E-state index contributed by atoms with van der Waals surface area (Å²) < 4.78 is 80.3. The van der Waals surface area contributed by atoms with E-state index in [2.05, 4.69) is 30.4 Å². The van der Waals surface area contributed by atoms with Crippen molar-refractivity contribution in [2.24, 2.45) is 14.1 Å². The lowest BCUT2D eigenvalue weighted by atomic mass is 10.2. The van der Waals surface area contributed by atoms with E-state index >= 15 is 0 Å². The Bertz CT molecular complexity index is 1520. The third-order valence-electron chi connectivity index (χ3n) is 5.58. The molecule has 3 heterocycles. The second kappa shape index (κ2) is 8.05. The maximum Gasteiger partial charge on any atom is 0.507 e. The van der Waals surface area contributed by atoms with Crippen LogP contribution in [0.2, 0.25) is 0 Å². The summed E-state index contributed by atoms with van der Waals surface area (Å²) in [5, 5.41) is 0.413. The van der Waals surface area contributed by atoms with Gasteiger partial charge in [0.15, 0.2) is 17.3 Å². The van der Waals surface area contributed by atoms with E-state index in [0.29, 0.717) is 27.8 Å². The molecule has 7 nitrogen and oxygen atoms in total. The third-order valence-corrected chi connectivity index (χ3v) is 7.49. The van der Waals surface area contributed by atoms with E-state index in [0.717, 1.165) is 22.2 Å². The molecule has 0 N–H and O–H groups in total. The molecule has 1 aliphatic heterocycles. The third kappa shape index (κ3) is 3.71. The molecule has 0 amide bonds. The van der Waals surface area contributed by atoms with Crippen LogP contribution in [0.15, 0.2) is 45.9 Å². The maximum absolute atomic E-state index is 13.7. The Morgan fingerprint density at radius 1 is 0.971 bits per heavy atom. The first-order valence-corrected chi connectivity index (χ1v) is 12.4. The standard InChI is InChI=1S/C22H17BrF4N4O3S/c1-4-35(32)20-17(29-18(31(20)3)11-6-5-7-12(23)8-11)19-28-13-9-15-16(10-14(13)30(19)2)34-22(26,27)21(24,25)33-15/h5-10H,4H2,1-3H3. The molecule has 1 aliphatic rings. The fraction of sp³-hybridized carbons (Fsp3) is 0.273. The van der Waals surface area contributed by atoms with E-state index in [9.17, 15) is 21.8 Å². The molecule has 13 heteroatoms. The SMILES string of the molecule is CCS(=O)c1c(-c2nc3cc4c(cc3n2C)OC(F)(F)C(F)(F)O4)nc(-c2cccc(Br)c2)n1C. The van der Waals surface area contributed by atoms with Gasteiger partial charge in [-0.2, -0.15) is 17.6 Å². The van der Waals surface area contributed by atoms with Crippen molar-refractivity contribution in [2.75, 3.05) is 5.75 Å². The highest BCUT2D eigenvalue weighted by Gasteiger charge is 2.66. The van der Waals surface area contributed by atoms with Gasteiger partial charge in [-0.1, -0.05) is 35.0 Å². The molecule has 1 unspecified atom stereocenters. The second-order valence-electron chi connectivity index (χ2n) is 7.81. The Kier molecular flexibility index (Phi) is 5.47. The number of rotatable bonds is 4. The molecule has 0 aliphatic carbocycles. The first kappa shape index (κ1) is 23.8. The quantitative estimate of drug-likeness (QED) is 0.302. The minimum atomic E-state index is -4.84. The summed E-state index contributed by atoms with van der Waals surface area (Å²) in [5.41, 5.74) is 1.58. The van der Waals surface area contributed by atoms with Crippen LogP contribution in [-0.4, -0.2) is 41.3 Å². The zero-order valence-corrected chi connectivity index (χ0v) is 20.9. The van der Waals surface area contributed by atoms with Gasteiger partial charge in [0.05, 0.1) is 21.8 Å². The van der Waals surface area contributed by atoms with Crippen LogP contribution in [0.5, 0.6) is 11.5 Å². The number of fused-ring (bicyclic) bond motifs is 2. The number of imidazole rings is 2. The Hall–Kier alpha value is -2.93. The van der Waals surface area contributed by atoms with Crippen LogP contribution in [-0.2, 0) is 24.9 Å². The van der Waals surface area contributed by atoms with Crippen molar-refractivity contribution in [3.05, 3.63) is 40.9 Å². The summed E-state index contributed by atoms with van der Waals surface area (Å²) >= 11 is 3.44. The first-order valence-electron chi connectivity index (χ1n) is 10.3. The van der Waals surface area contributed by atoms with Crippen molar-refractivity contribution >= 4 is 37.8 Å². The molecule has 184 valence electrons. The molecule has 5 rings (SSSR count). The Balaban J connectivity index is 1.71. The van der Waals surface area contributed by atoms with Crippen LogP contribution in [0.4, 0.5) is 17.6 Å². The molecule has 35 heavy (non-hydrogen) atoms. The zero-order chi connectivity index (χ0) is 25.3. The van der Waals surface area contributed by atoms with Gasteiger partial charge >= 0.3 is 12.2 Å². The van der Waals surface area contributed by atoms with Gasteiger partial charge in [0.25, 0.3) is 0 Å². The van der Waals surface area contributed by atoms with Gasteiger partial charge in [-0.25, -0.2) is 9.97 Å². The minimum Gasteiger partial charge on any atom is -0.421 e. The molecule has 0 fully saturated rings. The molecular weight excluding hydrogens is 556 g/mol. The zero-order valence-electron chi connectivity index (χ0n) is 18.5. The molecule has 0 radical (unpaired) electrons. The summed E-state index contributed by atoms with van der Waals surface area (Å²) in [6, 6.07) is 9.68. The molecule has 4 aromatic rings. The summed E-state index contributed by atoms with van der Waals surface area (Å²) in [7, 11) is 1.91. The highest BCUT2D eigenvalue weighted by atomic mass is 79.9. The molecule has 0 spiro atoms. The van der Waals surface area contributed by atoms with Gasteiger partial charge in [-0.05, 0) is 12.1 Å². The first-order chi connectivity index (χ1) is 16.4.